The summed E-state index contributed by atoms with van der Waals surface area (Å²) >= 11 is 0. The molecule has 0 unspecified atom stereocenters. The van der Waals surface area contributed by atoms with Crippen LogP contribution in [-0.2, 0) is 7.05 Å². The maximum absolute atomic E-state index is 5.89. The van der Waals surface area contributed by atoms with Gasteiger partial charge < -0.3 is 8.98 Å². The predicted octanol–water partition coefficient (Wildman–Crippen LogP) is 15.4. The second kappa shape index (κ2) is 16.9. The minimum absolute atomic E-state index is 0.981. The summed E-state index contributed by atoms with van der Waals surface area (Å²) in [5.74, 6) is 0. The zero-order chi connectivity index (χ0) is 40.3. The van der Waals surface area contributed by atoms with Crippen molar-refractivity contribution in [2.24, 2.45) is 7.05 Å². The van der Waals surface area contributed by atoms with Crippen LogP contribution >= 0.6 is 0 Å². The van der Waals surface area contributed by atoms with E-state index in [1.165, 1.54) is 105 Å². The summed E-state index contributed by atoms with van der Waals surface area (Å²) in [7, 11) is 2.13. The lowest BCUT2D eigenvalue weighted by Crippen LogP contribution is -1.86. The summed E-state index contributed by atoms with van der Waals surface area (Å²) in [6.07, 6.45) is 0. The fourth-order valence-electron chi connectivity index (χ4n) is 7.96. The molecule has 0 aliphatic heterocycles. The largest absolute Gasteiger partial charge is 0.456 e. The van der Waals surface area contributed by atoms with Crippen LogP contribution in [0.3, 0.4) is 0 Å². The van der Waals surface area contributed by atoms with Gasteiger partial charge in [-0.3, -0.25) is 0 Å². The van der Waals surface area contributed by atoms with E-state index in [-0.39, 0.29) is 0 Å². The van der Waals surface area contributed by atoms with E-state index >= 15 is 0 Å². The van der Waals surface area contributed by atoms with Crippen molar-refractivity contribution < 1.29 is 4.42 Å². The van der Waals surface area contributed by atoms with Crippen LogP contribution in [-0.4, -0.2) is 4.57 Å². The first-order valence-electron chi connectivity index (χ1n) is 19.7. The number of fused-ring (bicyclic) bond motifs is 6. The van der Waals surface area contributed by atoms with E-state index in [9.17, 15) is 0 Å². The standard InChI is InChI=1S/C15H15N.C15H14O.C15H16.C9H12/c1-10-4-6-14-12(8-10)13-9-11(2)5-7-15(13)16(14)3;1-9-4-5-14-12(7-9)13-8-10(2)6-11(3)15(13)16-14;1-11-5-4-6-14(8-11)15-9-12(2)7-13(3)10-15;1-7-4-8(2)6-9(3)5-7/h4-9H,1-3H3;4-8H,1-3H3;4-10H,1-3H3;4-6H,1-3H3. The van der Waals surface area contributed by atoms with Crippen molar-refractivity contribution in [3.8, 4) is 11.1 Å². The van der Waals surface area contributed by atoms with E-state index < -0.39 is 0 Å². The number of furan rings is 1. The maximum Gasteiger partial charge on any atom is 0.138 e. The van der Waals surface area contributed by atoms with E-state index in [2.05, 4.69) is 215 Å². The fraction of sp³-hybridized carbons (Fsp3) is 0.222. The summed E-state index contributed by atoms with van der Waals surface area (Å²) in [5.41, 5.74) is 21.7. The quantitative estimate of drug-likeness (QED) is 0.164. The third-order valence-corrected chi connectivity index (χ3v) is 10.3. The Balaban J connectivity index is 0.000000129. The van der Waals surface area contributed by atoms with Gasteiger partial charge in [-0.2, -0.15) is 0 Å². The van der Waals surface area contributed by atoms with Crippen LogP contribution in [0.2, 0.25) is 0 Å². The molecule has 56 heavy (non-hydrogen) atoms. The number of aromatic nitrogens is 1. The fourth-order valence-corrected chi connectivity index (χ4v) is 7.96. The van der Waals surface area contributed by atoms with Crippen LogP contribution in [0, 0.1) is 76.2 Å². The normalized spacial score (nSPS) is 10.9. The Morgan fingerprint density at radius 1 is 0.339 bits per heavy atom. The maximum atomic E-state index is 5.89. The minimum Gasteiger partial charge on any atom is -0.456 e. The topological polar surface area (TPSA) is 18.1 Å². The van der Waals surface area contributed by atoms with Crippen molar-refractivity contribution in [1.29, 1.82) is 0 Å². The lowest BCUT2D eigenvalue weighted by molar-refractivity contribution is 0.665. The first kappa shape index (κ1) is 39.8. The molecular formula is C54H57NO. The highest BCUT2D eigenvalue weighted by Gasteiger charge is 2.10. The molecule has 0 spiro atoms. The number of nitrogens with zero attached hydrogens (tertiary/aromatic N) is 1. The number of benzene rings is 7. The van der Waals surface area contributed by atoms with Crippen molar-refractivity contribution >= 4 is 43.7 Å². The zero-order valence-corrected chi connectivity index (χ0v) is 35.5. The van der Waals surface area contributed by atoms with Gasteiger partial charge in [0.2, 0.25) is 0 Å². The highest BCUT2D eigenvalue weighted by atomic mass is 16.3. The van der Waals surface area contributed by atoms with Crippen LogP contribution in [0.25, 0.3) is 54.9 Å². The lowest BCUT2D eigenvalue weighted by atomic mass is 10.00. The van der Waals surface area contributed by atoms with E-state index in [0.717, 1.165) is 11.2 Å². The Kier molecular flexibility index (Phi) is 12.0. The van der Waals surface area contributed by atoms with Crippen molar-refractivity contribution in [2.45, 2.75) is 76.2 Å². The van der Waals surface area contributed by atoms with Gasteiger partial charge >= 0.3 is 0 Å². The molecule has 0 atom stereocenters. The SMILES string of the molecule is Cc1cc(C)cc(C)c1.Cc1ccc2c(c1)c1cc(C)ccc1n2C.Cc1ccc2oc3c(C)cc(C)cc3c2c1.Cc1cccc(-c2cc(C)cc(C)c2)c1. The van der Waals surface area contributed by atoms with Gasteiger partial charge in [-0.25, -0.2) is 0 Å². The summed E-state index contributed by atoms with van der Waals surface area (Å²) < 4.78 is 8.16. The van der Waals surface area contributed by atoms with Crippen LogP contribution in [0.15, 0.2) is 132 Å². The zero-order valence-electron chi connectivity index (χ0n) is 35.5. The predicted molar refractivity (Wildman–Crippen MR) is 245 cm³/mol. The Hall–Kier alpha value is -5.86. The summed E-state index contributed by atoms with van der Waals surface area (Å²) in [6, 6.07) is 45.9. The molecule has 0 saturated carbocycles. The Morgan fingerprint density at radius 2 is 0.750 bits per heavy atom. The molecule has 9 rings (SSSR count). The molecular weight excluding hydrogens is 679 g/mol. The monoisotopic (exact) mass is 735 g/mol. The lowest BCUT2D eigenvalue weighted by Gasteiger charge is -2.06. The minimum atomic E-state index is 0.981. The highest BCUT2D eigenvalue weighted by molar-refractivity contribution is 6.08. The summed E-state index contributed by atoms with van der Waals surface area (Å²) in [5, 5.41) is 5.18. The van der Waals surface area contributed by atoms with Gasteiger partial charge in [0.15, 0.2) is 0 Å². The summed E-state index contributed by atoms with van der Waals surface area (Å²) in [6.45, 7) is 23.4. The van der Waals surface area contributed by atoms with Crippen molar-refractivity contribution in [1.82, 2.24) is 4.57 Å². The van der Waals surface area contributed by atoms with Gasteiger partial charge in [-0.15, -0.1) is 0 Å². The number of hydrogen-bond acceptors (Lipinski definition) is 1. The molecule has 2 heterocycles. The van der Waals surface area contributed by atoms with Crippen molar-refractivity contribution in [3.63, 3.8) is 0 Å². The molecule has 9 aromatic rings. The van der Waals surface area contributed by atoms with Gasteiger partial charge in [0.05, 0.1) is 0 Å². The molecule has 2 nitrogen and oxygen atoms in total. The molecule has 0 amide bonds. The number of aryl methyl sites for hydroxylation is 12. The van der Waals surface area contributed by atoms with Crippen LogP contribution in [0.1, 0.15) is 61.2 Å². The molecule has 284 valence electrons. The van der Waals surface area contributed by atoms with Gasteiger partial charge in [0.25, 0.3) is 0 Å². The third-order valence-electron chi connectivity index (χ3n) is 10.3. The number of hydrogen-bond donors (Lipinski definition) is 0. The Morgan fingerprint density at radius 3 is 1.27 bits per heavy atom. The molecule has 2 aromatic heterocycles. The van der Waals surface area contributed by atoms with Gasteiger partial charge in [-0.05, 0) is 141 Å². The smallest absolute Gasteiger partial charge is 0.138 e. The second-order valence-corrected chi connectivity index (χ2v) is 16.1. The van der Waals surface area contributed by atoms with Gasteiger partial charge in [0, 0.05) is 39.6 Å². The second-order valence-electron chi connectivity index (χ2n) is 16.1. The molecule has 0 radical (unpaired) electrons. The first-order chi connectivity index (χ1) is 26.6. The molecule has 0 bridgehead atoms. The van der Waals surface area contributed by atoms with E-state index in [0.29, 0.717) is 0 Å². The molecule has 0 fully saturated rings. The molecule has 2 heteroatoms. The molecule has 0 aliphatic rings. The molecule has 0 aliphatic carbocycles. The van der Waals surface area contributed by atoms with Crippen LogP contribution < -0.4 is 0 Å². The van der Waals surface area contributed by atoms with E-state index in [1.54, 1.807) is 0 Å². The van der Waals surface area contributed by atoms with Crippen molar-refractivity contribution in [3.05, 3.63) is 189 Å². The van der Waals surface area contributed by atoms with Crippen molar-refractivity contribution in [2.75, 3.05) is 0 Å². The first-order valence-corrected chi connectivity index (χ1v) is 19.7. The van der Waals surface area contributed by atoms with Crippen LogP contribution in [0.4, 0.5) is 0 Å². The Labute approximate surface area is 334 Å². The molecule has 0 N–H and O–H groups in total. The third kappa shape index (κ3) is 9.32. The average molecular weight is 736 g/mol. The van der Waals surface area contributed by atoms with E-state index in [1.807, 2.05) is 0 Å². The van der Waals surface area contributed by atoms with Crippen LogP contribution in [0.5, 0.6) is 0 Å². The molecule has 0 saturated heterocycles. The Bertz CT molecular complexity index is 2690. The van der Waals surface area contributed by atoms with Gasteiger partial charge in [-0.1, -0.05) is 135 Å². The molecule has 7 aromatic carbocycles. The highest BCUT2D eigenvalue weighted by Crippen LogP contribution is 2.32. The van der Waals surface area contributed by atoms with E-state index in [4.69, 9.17) is 4.42 Å². The van der Waals surface area contributed by atoms with Gasteiger partial charge in [0.1, 0.15) is 11.2 Å². The summed E-state index contributed by atoms with van der Waals surface area (Å²) in [4.78, 5) is 0. The average Bonchev–Trinajstić information content (AvgIpc) is 3.62. The number of rotatable bonds is 1.